The van der Waals surface area contributed by atoms with Crippen molar-refractivity contribution >= 4 is 17.1 Å². The summed E-state index contributed by atoms with van der Waals surface area (Å²) in [4.78, 5) is 12.0. The molecule has 0 atom stereocenters. The Hall–Kier alpha value is -1.43. The SMILES string of the molecule is O=C(c1ccsc1)c1ccc(C2OCCO2)o1. The van der Waals surface area contributed by atoms with Crippen molar-refractivity contribution in [2.75, 3.05) is 13.2 Å². The lowest BCUT2D eigenvalue weighted by atomic mass is 10.2. The van der Waals surface area contributed by atoms with Gasteiger partial charge < -0.3 is 13.9 Å². The van der Waals surface area contributed by atoms with Crippen molar-refractivity contribution in [1.29, 1.82) is 0 Å². The highest BCUT2D eigenvalue weighted by molar-refractivity contribution is 7.08. The molecule has 1 fully saturated rings. The number of ether oxygens (including phenoxy) is 2. The Morgan fingerprint density at radius 3 is 2.76 bits per heavy atom. The zero-order valence-electron chi connectivity index (χ0n) is 8.92. The second kappa shape index (κ2) is 4.44. The van der Waals surface area contributed by atoms with Crippen molar-refractivity contribution in [1.82, 2.24) is 0 Å². The van der Waals surface area contributed by atoms with E-state index in [4.69, 9.17) is 13.9 Å². The Morgan fingerprint density at radius 1 is 1.24 bits per heavy atom. The van der Waals surface area contributed by atoms with Crippen LogP contribution in [-0.2, 0) is 9.47 Å². The third-order valence-electron chi connectivity index (χ3n) is 2.49. The molecule has 2 aromatic heterocycles. The van der Waals surface area contributed by atoms with Gasteiger partial charge in [0.25, 0.3) is 0 Å². The van der Waals surface area contributed by atoms with Gasteiger partial charge in [-0.1, -0.05) is 0 Å². The van der Waals surface area contributed by atoms with Gasteiger partial charge in [0.1, 0.15) is 0 Å². The van der Waals surface area contributed by atoms with Crippen molar-refractivity contribution in [3.05, 3.63) is 46.0 Å². The van der Waals surface area contributed by atoms with E-state index in [0.717, 1.165) is 0 Å². The first-order valence-electron chi connectivity index (χ1n) is 5.24. The second-order valence-corrected chi connectivity index (χ2v) is 4.40. The summed E-state index contributed by atoms with van der Waals surface area (Å²) in [5.74, 6) is 0.745. The van der Waals surface area contributed by atoms with Gasteiger partial charge in [-0.3, -0.25) is 4.79 Å². The summed E-state index contributed by atoms with van der Waals surface area (Å²) in [6.07, 6.45) is -0.473. The molecule has 0 unspecified atom stereocenters. The van der Waals surface area contributed by atoms with Crippen LogP contribution in [-0.4, -0.2) is 19.0 Å². The van der Waals surface area contributed by atoms with E-state index in [-0.39, 0.29) is 5.78 Å². The predicted octanol–water partition coefficient (Wildman–Crippen LogP) is 2.62. The Kier molecular flexibility index (Phi) is 2.80. The summed E-state index contributed by atoms with van der Waals surface area (Å²) < 4.78 is 16.1. The number of hydrogen-bond acceptors (Lipinski definition) is 5. The van der Waals surface area contributed by atoms with Gasteiger partial charge in [-0.15, -0.1) is 0 Å². The number of carbonyl (C=O) groups is 1. The van der Waals surface area contributed by atoms with Crippen LogP contribution in [0.2, 0.25) is 0 Å². The molecule has 0 saturated carbocycles. The zero-order chi connectivity index (χ0) is 11.7. The third kappa shape index (κ3) is 2.04. The maximum absolute atomic E-state index is 12.0. The van der Waals surface area contributed by atoms with Crippen molar-refractivity contribution in [3.8, 4) is 0 Å². The zero-order valence-corrected chi connectivity index (χ0v) is 9.74. The molecule has 3 heterocycles. The maximum Gasteiger partial charge on any atom is 0.229 e. The first kappa shape index (κ1) is 10.7. The monoisotopic (exact) mass is 250 g/mol. The second-order valence-electron chi connectivity index (χ2n) is 3.62. The van der Waals surface area contributed by atoms with Gasteiger partial charge in [-0.25, -0.2) is 0 Å². The van der Waals surface area contributed by atoms with Crippen LogP contribution in [0.5, 0.6) is 0 Å². The average Bonchev–Trinajstić information content (AvgIpc) is 3.09. The molecule has 0 amide bonds. The molecular formula is C12H10O4S. The Morgan fingerprint density at radius 2 is 2.06 bits per heavy atom. The normalized spacial score (nSPS) is 16.5. The summed E-state index contributed by atoms with van der Waals surface area (Å²) in [5.41, 5.74) is 0.643. The standard InChI is InChI=1S/C12H10O4S/c13-11(8-3-6-17-7-8)9-1-2-10(16-9)12-14-4-5-15-12/h1-3,6-7,12H,4-5H2. The molecule has 0 N–H and O–H groups in total. The Balaban J connectivity index is 1.82. The molecule has 1 saturated heterocycles. The summed E-state index contributed by atoms with van der Waals surface area (Å²) in [6, 6.07) is 5.15. The smallest absolute Gasteiger partial charge is 0.229 e. The summed E-state index contributed by atoms with van der Waals surface area (Å²) >= 11 is 1.48. The summed E-state index contributed by atoms with van der Waals surface area (Å²) in [7, 11) is 0. The van der Waals surface area contributed by atoms with Gasteiger partial charge in [-0.05, 0) is 23.6 Å². The van der Waals surface area contributed by atoms with Crippen LogP contribution in [0.3, 0.4) is 0 Å². The molecule has 0 aliphatic carbocycles. The highest BCUT2D eigenvalue weighted by Gasteiger charge is 2.23. The lowest BCUT2D eigenvalue weighted by Crippen LogP contribution is -1.98. The van der Waals surface area contributed by atoms with Crippen LogP contribution in [0, 0.1) is 0 Å². The van der Waals surface area contributed by atoms with Crippen LogP contribution in [0.1, 0.15) is 28.2 Å². The van der Waals surface area contributed by atoms with E-state index < -0.39 is 6.29 Å². The van der Waals surface area contributed by atoms with Crippen LogP contribution in [0.15, 0.2) is 33.4 Å². The predicted molar refractivity (Wildman–Crippen MR) is 61.1 cm³/mol. The topological polar surface area (TPSA) is 48.7 Å². The molecule has 0 aromatic carbocycles. The van der Waals surface area contributed by atoms with Gasteiger partial charge in [0.15, 0.2) is 11.5 Å². The first-order valence-corrected chi connectivity index (χ1v) is 6.19. The number of carbonyl (C=O) groups excluding carboxylic acids is 1. The minimum absolute atomic E-state index is 0.115. The number of thiophene rings is 1. The molecular weight excluding hydrogens is 240 g/mol. The Bertz CT molecular complexity index is 508. The highest BCUT2D eigenvalue weighted by Crippen LogP contribution is 2.26. The fourth-order valence-electron chi connectivity index (χ4n) is 1.66. The van der Waals surface area contributed by atoms with E-state index in [2.05, 4.69) is 0 Å². The van der Waals surface area contributed by atoms with Gasteiger partial charge in [-0.2, -0.15) is 11.3 Å². The maximum atomic E-state index is 12.0. The van der Waals surface area contributed by atoms with Gasteiger partial charge in [0, 0.05) is 10.9 Å². The van der Waals surface area contributed by atoms with E-state index in [1.54, 1.807) is 23.6 Å². The van der Waals surface area contributed by atoms with Crippen LogP contribution in [0.25, 0.3) is 0 Å². The van der Waals surface area contributed by atoms with E-state index in [9.17, 15) is 4.79 Å². The molecule has 1 aliphatic rings. The van der Waals surface area contributed by atoms with Crippen LogP contribution < -0.4 is 0 Å². The highest BCUT2D eigenvalue weighted by atomic mass is 32.1. The number of ketones is 1. The summed E-state index contributed by atoms with van der Waals surface area (Å²) in [6.45, 7) is 1.11. The Labute approximate surface area is 102 Å². The molecule has 2 aromatic rings. The third-order valence-corrected chi connectivity index (χ3v) is 3.17. The average molecular weight is 250 g/mol. The van der Waals surface area contributed by atoms with Crippen LogP contribution >= 0.6 is 11.3 Å². The summed E-state index contributed by atoms with van der Waals surface area (Å²) in [5, 5.41) is 3.66. The number of rotatable bonds is 3. The minimum Gasteiger partial charge on any atom is -0.452 e. The van der Waals surface area contributed by atoms with E-state index in [1.165, 1.54) is 11.3 Å². The first-order chi connectivity index (χ1) is 8.34. The lowest BCUT2D eigenvalue weighted by Gasteiger charge is -2.03. The quantitative estimate of drug-likeness (QED) is 0.786. The molecule has 5 heteroatoms. The molecule has 88 valence electrons. The van der Waals surface area contributed by atoms with E-state index in [1.807, 2.05) is 5.38 Å². The minimum atomic E-state index is -0.473. The van der Waals surface area contributed by atoms with Crippen molar-refractivity contribution in [3.63, 3.8) is 0 Å². The molecule has 0 bridgehead atoms. The van der Waals surface area contributed by atoms with Crippen molar-refractivity contribution < 1.29 is 18.7 Å². The fraction of sp³-hybridized carbons (Fsp3) is 0.250. The fourth-order valence-corrected chi connectivity index (χ4v) is 2.30. The van der Waals surface area contributed by atoms with Crippen molar-refractivity contribution in [2.45, 2.75) is 6.29 Å². The molecule has 4 nitrogen and oxygen atoms in total. The number of hydrogen-bond donors (Lipinski definition) is 0. The molecule has 1 aliphatic heterocycles. The van der Waals surface area contributed by atoms with Gasteiger partial charge in [0.2, 0.25) is 12.1 Å². The molecule has 17 heavy (non-hydrogen) atoms. The largest absolute Gasteiger partial charge is 0.452 e. The molecule has 3 rings (SSSR count). The van der Waals surface area contributed by atoms with E-state index in [0.29, 0.717) is 30.3 Å². The van der Waals surface area contributed by atoms with Crippen LogP contribution in [0.4, 0.5) is 0 Å². The van der Waals surface area contributed by atoms with Crippen molar-refractivity contribution in [2.24, 2.45) is 0 Å². The number of furan rings is 1. The van der Waals surface area contributed by atoms with Gasteiger partial charge >= 0.3 is 0 Å². The molecule has 0 spiro atoms. The van der Waals surface area contributed by atoms with Gasteiger partial charge in [0.05, 0.1) is 13.2 Å². The lowest BCUT2D eigenvalue weighted by molar-refractivity contribution is -0.0591. The van der Waals surface area contributed by atoms with E-state index >= 15 is 0 Å². The molecule has 0 radical (unpaired) electrons.